The lowest BCUT2D eigenvalue weighted by Gasteiger charge is -2.15. The van der Waals surface area contributed by atoms with Gasteiger partial charge in [-0.25, -0.2) is 21.6 Å². The number of nitro benzene ring substituents is 1. The summed E-state index contributed by atoms with van der Waals surface area (Å²) in [6.07, 6.45) is 0. The van der Waals surface area contributed by atoms with Crippen molar-refractivity contribution < 1.29 is 26.2 Å². The van der Waals surface area contributed by atoms with E-state index in [-0.39, 0.29) is 38.6 Å². The van der Waals surface area contributed by atoms with E-state index in [0.29, 0.717) is 5.39 Å². The summed E-state index contributed by atoms with van der Waals surface area (Å²) in [5, 5.41) is 10.7. The number of non-ortho nitro benzene ring substituents is 1. The third-order valence-electron chi connectivity index (χ3n) is 4.53. The Morgan fingerprint density at radius 1 is 1.18 bits per heavy atom. The molecule has 0 spiro atoms. The van der Waals surface area contributed by atoms with Crippen LogP contribution in [0.25, 0.3) is 21.9 Å². The highest BCUT2D eigenvalue weighted by Gasteiger charge is 2.39. The van der Waals surface area contributed by atoms with Gasteiger partial charge >= 0.3 is 0 Å². The van der Waals surface area contributed by atoms with Gasteiger partial charge in [-0.3, -0.25) is 10.1 Å². The van der Waals surface area contributed by atoms with Gasteiger partial charge in [-0.2, -0.15) is 0 Å². The van der Waals surface area contributed by atoms with Crippen molar-refractivity contribution in [1.82, 2.24) is 4.72 Å². The molecule has 148 valence electrons. The van der Waals surface area contributed by atoms with Gasteiger partial charge in [0, 0.05) is 16.8 Å². The van der Waals surface area contributed by atoms with Crippen LogP contribution >= 0.6 is 11.6 Å². The van der Waals surface area contributed by atoms with Gasteiger partial charge in [0.05, 0.1) is 38.8 Å². The third-order valence-corrected chi connectivity index (χ3v) is 8.44. The molecule has 0 saturated carbocycles. The van der Waals surface area contributed by atoms with Crippen LogP contribution in [0.3, 0.4) is 0 Å². The van der Waals surface area contributed by atoms with Crippen molar-refractivity contribution in [3.8, 4) is 0 Å². The minimum Gasteiger partial charge on any atom is -0.456 e. The first kappa shape index (κ1) is 19.1. The summed E-state index contributed by atoms with van der Waals surface area (Å²) in [4.78, 5) is 10.3. The highest BCUT2D eigenvalue weighted by Crippen LogP contribution is 2.35. The topological polar surface area (TPSA) is 137 Å². The fourth-order valence-corrected chi connectivity index (χ4v) is 7.54. The number of alkyl halides is 1. The molecule has 2 aromatic carbocycles. The average Bonchev–Trinajstić information content (AvgIpc) is 3.09. The van der Waals surface area contributed by atoms with Crippen LogP contribution in [0, 0.1) is 10.1 Å². The Balaban J connectivity index is 1.84. The number of sulfone groups is 1. The predicted octanol–water partition coefficient (Wildman–Crippen LogP) is 2.18. The lowest BCUT2D eigenvalue weighted by molar-refractivity contribution is -0.384. The van der Waals surface area contributed by atoms with Crippen LogP contribution in [-0.2, 0) is 19.9 Å². The van der Waals surface area contributed by atoms with E-state index in [1.807, 2.05) is 0 Å². The predicted molar refractivity (Wildman–Crippen MR) is 103 cm³/mol. The number of halogens is 1. The van der Waals surface area contributed by atoms with Crippen molar-refractivity contribution in [1.29, 1.82) is 0 Å². The van der Waals surface area contributed by atoms with Crippen molar-refractivity contribution in [2.75, 3.05) is 11.5 Å². The summed E-state index contributed by atoms with van der Waals surface area (Å²) in [5.41, 5.74) is 0.223. The highest BCUT2D eigenvalue weighted by molar-refractivity contribution is 7.92. The van der Waals surface area contributed by atoms with Crippen molar-refractivity contribution in [3.63, 3.8) is 0 Å². The van der Waals surface area contributed by atoms with Crippen LogP contribution in [0.15, 0.2) is 45.7 Å². The monoisotopic (exact) mass is 444 g/mol. The number of nitrogens with one attached hydrogen (secondary N) is 1. The van der Waals surface area contributed by atoms with E-state index in [1.165, 1.54) is 30.3 Å². The largest absolute Gasteiger partial charge is 0.456 e. The van der Waals surface area contributed by atoms with E-state index >= 15 is 0 Å². The fraction of sp³-hybridized carbons (Fsp3) is 0.250. The molecule has 2 heterocycles. The van der Waals surface area contributed by atoms with Crippen molar-refractivity contribution in [2.45, 2.75) is 16.3 Å². The number of rotatable bonds is 4. The molecule has 0 radical (unpaired) electrons. The van der Waals surface area contributed by atoms with Gasteiger partial charge in [-0.1, -0.05) is 6.07 Å². The molecular formula is C16H13ClN2O7S2. The van der Waals surface area contributed by atoms with Crippen molar-refractivity contribution in [3.05, 3.63) is 46.5 Å². The Kier molecular flexibility index (Phi) is 4.38. The van der Waals surface area contributed by atoms with Crippen molar-refractivity contribution >= 4 is 59.1 Å². The molecule has 0 amide bonds. The smallest absolute Gasteiger partial charge is 0.273 e. The van der Waals surface area contributed by atoms with Crippen LogP contribution in [0.1, 0.15) is 0 Å². The molecular weight excluding hydrogens is 432 g/mol. The molecule has 12 heteroatoms. The minimum absolute atomic E-state index is 0.120. The minimum atomic E-state index is -4.13. The number of furan rings is 1. The maximum atomic E-state index is 13.0. The molecule has 0 aliphatic carbocycles. The average molecular weight is 445 g/mol. The zero-order chi connectivity index (χ0) is 20.3. The Morgan fingerprint density at radius 2 is 1.93 bits per heavy atom. The van der Waals surface area contributed by atoms with Crippen LogP contribution in [0.5, 0.6) is 0 Å². The molecule has 1 N–H and O–H groups in total. The summed E-state index contributed by atoms with van der Waals surface area (Å²) in [7, 11) is -7.55. The van der Waals surface area contributed by atoms with Gasteiger partial charge in [0.1, 0.15) is 11.2 Å². The second-order valence-corrected chi connectivity index (χ2v) is 10.9. The molecule has 0 bridgehead atoms. The van der Waals surface area contributed by atoms with E-state index < -0.39 is 36.2 Å². The molecule has 1 aliphatic rings. The van der Waals surface area contributed by atoms with E-state index in [4.69, 9.17) is 16.0 Å². The zero-order valence-corrected chi connectivity index (χ0v) is 16.4. The molecule has 1 aromatic heterocycles. The van der Waals surface area contributed by atoms with Crippen LogP contribution in [0.2, 0.25) is 0 Å². The summed E-state index contributed by atoms with van der Waals surface area (Å²) >= 11 is 6.01. The Bertz CT molecular complexity index is 1330. The first-order chi connectivity index (χ1) is 13.1. The molecule has 1 saturated heterocycles. The number of benzene rings is 2. The van der Waals surface area contributed by atoms with E-state index in [2.05, 4.69) is 4.72 Å². The second-order valence-electron chi connectivity index (χ2n) is 6.49. The van der Waals surface area contributed by atoms with Gasteiger partial charge in [0.25, 0.3) is 5.69 Å². The number of hydrogen-bond donors (Lipinski definition) is 1. The SMILES string of the molecule is O=[N+]([O-])c1ccc2c(c1)oc1cccc(S(=O)(=O)NC3CS(=O)(=O)CC3Cl)c12. The van der Waals surface area contributed by atoms with Gasteiger partial charge in [-0.05, 0) is 18.2 Å². The normalized spacial score (nSPS) is 22.0. The summed E-state index contributed by atoms with van der Waals surface area (Å²) in [5.74, 6) is -0.682. The maximum Gasteiger partial charge on any atom is 0.273 e. The standard InChI is InChI=1S/C16H13ClN2O7S2/c17-11-7-27(22,23)8-12(11)18-28(24,25)15-3-1-2-13-16(15)10-5-4-9(19(20)21)6-14(10)26-13/h1-6,11-12,18H,7-8H2. The number of hydrogen-bond acceptors (Lipinski definition) is 7. The van der Waals surface area contributed by atoms with Gasteiger partial charge in [0.15, 0.2) is 9.84 Å². The summed E-state index contributed by atoms with van der Waals surface area (Å²) in [6.45, 7) is 0. The third kappa shape index (κ3) is 3.24. The maximum absolute atomic E-state index is 13.0. The van der Waals surface area contributed by atoms with E-state index in [9.17, 15) is 26.9 Å². The van der Waals surface area contributed by atoms with Crippen LogP contribution < -0.4 is 4.72 Å². The fourth-order valence-electron chi connectivity index (χ4n) is 3.29. The lowest BCUT2D eigenvalue weighted by atomic mass is 10.1. The first-order valence-corrected chi connectivity index (χ1v) is 11.8. The van der Waals surface area contributed by atoms with Crippen molar-refractivity contribution in [2.24, 2.45) is 0 Å². The Hall–Kier alpha value is -2.21. The molecule has 28 heavy (non-hydrogen) atoms. The van der Waals surface area contributed by atoms with Crippen LogP contribution in [-0.4, -0.2) is 44.7 Å². The van der Waals surface area contributed by atoms with Gasteiger partial charge in [0.2, 0.25) is 10.0 Å². The van der Waals surface area contributed by atoms with Crippen LogP contribution in [0.4, 0.5) is 5.69 Å². The molecule has 1 aliphatic heterocycles. The number of sulfonamides is 1. The Morgan fingerprint density at radius 3 is 2.57 bits per heavy atom. The van der Waals surface area contributed by atoms with Gasteiger partial charge < -0.3 is 4.42 Å². The number of nitro groups is 1. The highest BCUT2D eigenvalue weighted by atomic mass is 35.5. The molecule has 1 fully saturated rings. The molecule has 9 nitrogen and oxygen atoms in total. The molecule has 4 rings (SSSR count). The van der Waals surface area contributed by atoms with E-state index in [0.717, 1.165) is 0 Å². The Labute approximate surface area is 164 Å². The molecule has 2 unspecified atom stereocenters. The number of fused-ring (bicyclic) bond motifs is 3. The summed E-state index contributed by atoms with van der Waals surface area (Å²) in [6, 6.07) is 7.31. The quantitative estimate of drug-likeness (QED) is 0.370. The molecule has 2 atom stereocenters. The van der Waals surface area contributed by atoms with Gasteiger partial charge in [-0.15, -0.1) is 11.6 Å². The zero-order valence-electron chi connectivity index (χ0n) is 14.0. The summed E-state index contributed by atoms with van der Waals surface area (Å²) < 4.78 is 57.3. The molecule has 3 aromatic rings. The number of nitrogens with zero attached hydrogens (tertiary/aromatic N) is 1. The lowest BCUT2D eigenvalue weighted by Crippen LogP contribution is -2.40. The van der Waals surface area contributed by atoms with E-state index in [1.54, 1.807) is 6.07 Å². The second kappa shape index (κ2) is 6.41. The first-order valence-electron chi connectivity index (χ1n) is 8.04.